The van der Waals surface area contributed by atoms with Gasteiger partial charge in [-0.1, -0.05) is 18.5 Å². The topological polar surface area (TPSA) is 69.4 Å². The molecular weight excluding hydrogens is 258 g/mol. The number of hydrogen-bond donors (Lipinski definition) is 0. The molecule has 0 N–H and O–H groups in total. The summed E-state index contributed by atoms with van der Waals surface area (Å²) in [6.07, 6.45) is 0.417. The van der Waals surface area contributed by atoms with E-state index >= 15 is 0 Å². The van der Waals surface area contributed by atoms with E-state index in [-0.39, 0.29) is 12.3 Å². The van der Waals surface area contributed by atoms with Crippen molar-refractivity contribution in [1.82, 2.24) is 0 Å². The van der Waals surface area contributed by atoms with Gasteiger partial charge in [0.1, 0.15) is 0 Å². The van der Waals surface area contributed by atoms with E-state index in [9.17, 15) is 14.9 Å². The van der Waals surface area contributed by atoms with Gasteiger partial charge < -0.3 is 4.74 Å². The average molecular weight is 272 g/mol. The Hall–Kier alpha value is -1.62. The molecule has 0 saturated carbocycles. The fraction of sp³-hybridized carbons (Fsp3) is 0.417. The molecule has 6 heteroatoms. The van der Waals surface area contributed by atoms with E-state index in [1.807, 2.05) is 0 Å². The SMILES string of the molecule is CCOC(=O)C(CC)c1cc(Cl)ccc1[N+](=O)[O-]. The van der Waals surface area contributed by atoms with Crippen LogP contribution in [0.15, 0.2) is 18.2 Å². The van der Waals surface area contributed by atoms with Crippen LogP contribution in [-0.2, 0) is 9.53 Å². The third kappa shape index (κ3) is 3.20. The van der Waals surface area contributed by atoms with Crippen molar-refractivity contribution in [2.45, 2.75) is 26.2 Å². The molecule has 1 atom stereocenters. The van der Waals surface area contributed by atoms with Crippen LogP contribution in [0.5, 0.6) is 0 Å². The van der Waals surface area contributed by atoms with Crippen LogP contribution in [0.3, 0.4) is 0 Å². The molecular formula is C12H14ClNO4. The number of nitro groups is 1. The molecule has 0 fully saturated rings. The highest BCUT2D eigenvalue weighted by atomic mass is 35.5. The highest BCUT2D eigenvalue weighted by Crippen LogP contribution is 2.32. The number of ether oxygens (including phenoxy) is 1. The van der Waals surface area contributed by atoms with Gasteiger partial charge in [-0.3, -0.25) is 14.9 Å². The van der Waals surface area contributed by atoms with Gasteiger partial charge in [0, 0.05) is 16.7 Å². The highest BCUT2D eigenvalue weighted by molar-refractivity contribution is 6.30. The number of esters is 1. The minimum absolute atomic E-state index is 0.112. The second kappa shape index (κ2) is 6.35. The zero-order valence-electron chi connectivity index (χ0n) is 10.2. The lowest BCUT2D eigenvalue weighted by atomic mass is 9.95. The van der Waals surface area contributed by atoms with Crippen LogP contribution in [-0.4, -0.2) is 17.5 Å². The maximum atomic E-state index is 11.8. The van der Waals surface area contributed by atoms with Crippen LogP contribution in [0.4, 0.5) is 5.69 Å². The van der Waals surface area contributed by atoms with E-state index in [1.165, 1.54) is 18.2 Å². The molecule has 0 aliphatic rings. The van der Waals surface area contributed by atoms with Gasteiger partial charge in [-0.05, 0) is 25.5 Å². The minimum Gasteiger partial charge on any atom is -0.466 e. The fourth-order valence-electron chi connectivity index (χ4n) is 1.73. The molecule has 0 radical (unpaired) electrons. The molecule has 0 heterocycles. The number of benzene rings is 1. The molecule has 1 rings (SSSR count). The third-order valence-corrected chi connectivity index (χ3v) is 2.78. The molecule has 1 unspecified atom stereocenters. The number of nitrogens with zero attached hydrogens (tertiary/aromatic N) is 1. The summed E-state index contributed by atoms with van der Waals surface area (Å²) in [6, 6.07) is 4.19. The molecule has 18 heavy (non-hydrogen) atoms. The Kier molecular flexibility index (Phi) is 5.09. The van der Waals surface area contributed by atoms with Crippen molar-refractivity contribution >= 4 is 23.3 Å². The van der Waals surface area contributed by atoms with Crippen LogP contribution < -0.4 is 0 Å². The van der Waals surface area contributed by atoms with Crippen LogP contribution in [0.25, 0.3) is 0 Å². The first kappa shape index (κ1) is 14.4. The van der Waals surface area contributed by atoms with Gasteiger partial charge in [0.2, 0.25) is 0 Å². The summed E-state index contributed by atoms with van der Waals surface area (Å²) in [5.41, 5.74) is 0.188. The number of hydrogen-bond acceptors (Lipinski definition) is 4. The van der Waals surface area contributed by atoms with Crippen molar-refractivity contribution < 1.29 is 14.5 Å². The molecule has 0 aliphatic carbocycles. The Morgan fingerprint density at radius 2 is 2.17 bits per heavy atom. The Morgan fingerprint density at radius 3 is 2.67 bits per heavy atom. The van der Waals surface area contributed by atoms with Crippen LogP contribution in [0.1, 0.15) is 31.7 Å². The number of nitro benzene ring substituents is 1. The lowest BCUT2D eigenvalue weighted by molar-refractivity contribution is -0.385. The van der Waals surface area contributed by atoms with Gasteiger partial charge in [0.05, 0.1) is 17.4 Å². The van der Waals surface area contributed by atoms with E-state index in [4.69, 9.17) is 16.3 Å². The minimum atomic E-state index is -0.663. The van der Waals surface area contributed by atoms with Crippen LogP contribution in [0, 0.1) is 10.1 Å². The molecule has 1 aromatic rings. The summed E-state index contributed by atoms with van der Waals surface area (Å²) in [7, 11) is 0. The molecule has 0 bridgehead atoms. The summed E-state index contributed by atoms with van der Waals surface area (Å²) in [6.45, 7) is 3.70. The largest absolute Gasteiger partial charge is 0.466 e. The molecule has 0 saturated heterocycles. The fourth-order valence-corrected chi connectivity index (χ4v) is 1.91. The number of rotatable bonds is 5. The van der Waals surface area contributed by atoms with Crippen LogP contribution >= 0.6 is 11.6 Å². The van der Waals surface area contributed by atoms with Gasteiger partial charge in [-0.25, -0.2) is 0 Å². The molecule has 0 aliphatic heterocycles. The maximum absolute atomic E-state index is 11.8. The smallest absolute Gasteiger partial charge is 0.313 e. The molecule has 5 nitrogen and oxygen atoms in total. The normalized spacial score (nSPS) is 11.9. The summed E-state index contributed by atoms with van der Waals surface area (Å²) >= 11 is 5.83. The molecule has 0 aromatic heterocycles. The Labute approximate surface area is 110 Å². The first-order valence-corrected chi connectivity index (χ1v) is 5.99. The Morgan fingerprint density at radius 1 is 1.50 bits per heavy atom. The highest BCUT2D eigenvalue weighted by Gasteiger charge is 2.27. The van der Waals surface area contributed by atoms with Gasteiger partial charge in [0.25, 0.3) is 5.69 Å². The predicted octanol–water partition coefficient (Wildman–Crippen LogP) is 3.30. The summed E-state index contributed by atoms with van der Waals surface area (Å²) < 4.78 is 4.92. The molecule has 98 valence electrons. The number of carbonyl (C=O) groups excluding carboxylic acids is 1. The number of carbonyl (C=O) groups is 1. The molecule has 1 aromatic carbocycles. The molecule has 0 amide bonds. The quantitative estimate of drug-likeness (QED) is 0.468. The standard InChI is InChI=1S/C12H14ClNO4/c1-3-9(12(15)18-4-2)10-7-8(13)5-6-11(10)14(16)17/h5-7,9H,3-4H2,1-2H3. The van der Waals surface area contributed by atoms with E-state index in [1.54, 1.807) is 13.8 Å². The monoisotopic (exact) mass is 271 g/mol. The first-order chi connectivity index (χ1) is 8.51. The van der Waals surface area contributed by atoms with E-state index < -0.39 is 16.8 Å². The van der Waals surface area contributed by atoms with Crippen LogP contribution in [0.2, 0.25) is 5.02 Å². The van der Waals surface area contributed by atoms with Crippen molar-refractivity contribution in [3.63, 3.8) is 0 Å². The van der Waals surface area contributed by atoms with Crippen molar-refractivity contribution in [3.05, 3.63) is 38.9 Å². The Balaban J connectivity index is 3.22. The van der Waals surface area contributed by atoms with Crippen molar-refractivity contribution in [1.29, 1.82) is 0 Å². The maximum Gasteiger partial charge on any atom is 0.313 e. The first-order valence-electron chi connectivity index (χ1n) is 5.61. The van der Waals surface area contributed by atoms with Gasteiger partial charge >= 0.3 is 5.97 Å². The second-order valence-corrected chi connectivity index (χ2v) is 4.11. The zero-order valence-corrected chi connectivity index (χ0v) is 10.9. The van der Waals surface area contributed by atoms with Gasteiger partial charge in [0.15, 0.2) is 0 Å². The number of halogens is 1. The summed E-state index contributed by atoms with van der Waals surface area (Å²) in [5.74, 6) is -1.13. The van der Waals surface area contributed by atoms with Crippen molar-refractivity contribution in [2.24, 2.45) is 0 Å². The summed E-state index contributed by atoms with van der Waals surface area (Å²) in [4.78, 5) is 22.2. The third-order valence-electron chi connectivity index (χ3n) is 2.54. The lowest BCUT2D eigenvalue weighted by Crippen LogP contribution is -2.16. The second-order valence-electron chi connectivity index (χ2n) is 3.67. The van der Waals surface area contributed by atoms with E-state index in [0.29, 0.717) is 17.0 Å². The molecule has 0 spiro atoms. The lowest BCUT2D eigenvalue weighted by Gasteiger charge is -2.14. The van der Waals surface area contributed by atoms with Gasteiger partial charge in [-0.15, -0.1) is 0 Å². The van der Waals surface area contributed by atoms with E-state index in [0.717, 1.165) is 0 Å². The van der Waals surface area contributed by atoms with Gasteiger partial charge in [-0.2, -0.15) is 0 Å². The van der Waals surface area contributed by atoms with Crippen molar-refractivity contribution in [3.8, 4) is 0 Å². The summed E-state index contributed by atoms with van der Waals surface area (Å²) in [5, 5.41) is 11.3. The van der Waals surface area contributed by atoms with E-state index in [2.05, 4.69) is 0 Å². The average Bonchev–Trinajstić information content (AvgIpc) is 2.30. The van der Waals surface area contributed by atoms with Crippen molar-refractivity contribution in [2.75, 3.05) is 6.61 Å². The Bertz CT molecular complexity index is 461. The predicted molar refractivity (Wildman–Crippen MR) is 67.8 cm³/mol. The zero-order chi connectivity index (χ0) is 13.7.